The lowest BCUT2D eigenvalue weighted by molar-refractivity contribution is 0.272. The first kappa shape index (κ1) is 25.6. The van der Waals surface area contributed by atoms with Crippen molar-refractivity contribution in [3.8, 4) is 22.3 Å². The summed E-state index contributed by atoms with van der Waals surface area (Å²) in [6.45, 7) is 10.9. The summed E-state index contributed by atoms with van der Waals surface area (Å²) in [5, 5.41) is 0. The van der Waals surface area contributed by atoms with Crippen LogP contribution in [0.1, 0.15) is 79.7 Å². The van der Waals surface area contributed by atoms with Crippen molar-refractivity contribution in [2.45, 2.75) is 86.0 Å². The standard InChI is InChI=1S/C33H40F2/c1-21-10-12-26(13-11-21)8-6-7-9-27-16-22(2)33(23(3)17-27)29-18-24(4)32(25(5)19-29)28-14-15-30(34)31(35)20-28/h14-21,26H,6-13H2,1-5H3. The Morgan fingerprint density at radius 2 is 1.23 bits per heavy atom. The van der Waals surface area contributed by atoms with Crippen LogP contribution in [0.15, 0.2) is 42.5 Å². The predicted octanol–water partition coefficient (Wildman–Crippen LogP) is 10.1. The second-order valence-corrected chi connectivity index (χ2v) is 11.1. The van der Waals surface area contributed by atoms with E-state index in [1.807, 2.05) is 0 Å². The second kappa shape index (κ2) is 11.1. The molecular formula is C33H40F2. The normalized spacial score (nSPS) is 18.1. The minimum absolute atomic E-state index is 0.719. The van der Waals surface area contributed by atoms with Crippen LogP contribution in [-0.2, 0) is 6.42 Å². The molecule has 0 heterocycles. The molecule has 0 N–H and O–H groups in total. The van der Waals surface area contributed by atoms with Gasteiger partial charge in [-0.2, -0.15) is 0 Å². The molecule has 0 aromatic heterocycles. The van der Waals surface area contributed by atoms with Gasteiger partial charge in [-0.3, -0.25) is 0 Å². The molecule has 0 atom stereocenters. The first-order valence-corrected chi connectivity index (χ1v) is 13.4. The van der Waals surface area contributed by atoms with Gasteiger partial charge in [0.25, 0.3) is 0 Å². The van der Waals surface area contributed by atoms with Gasteiger partial charge in [0.15, 0.2) is 11.6 Å². The number of hydrogen-bond donors (Lipinski definition) is 0. The maximum absolute atomic E-state index is 13.9. The number of hydrogen-bond acceptors (Lipinski definition) is 0. The fourth-order valence-electron chi connectivity index (χ4n) is 6.25. The summed E-state index contributed by atoms with van der Waals surface area (Å²) in [6, 6.07) is 13.3. The van der Waals surface area contributed by atoms with E-state index in [0.29, 0.717) is 0 Å². The van der Waals surface area contributed by atoms with Gasteiger partial charge in [-0.25, -0.2) is 8.78 Å². The molecule has 0 nitrogen and oxygen atoms in total. The summed E-state index contributed by atoms with van der Waals surface area (Å²) in [6.07, 6.45) is 10.9. The zero-order chi connectivity index (χ0) is 25.1. The lowest BCUT2D eigenvalue weighted by Gasteiger charge is -2.26. The number of rotatable bonds is 7. The van der Waals surface area contributed by atoms with Crippen molar-refractivity contribution in [3.05, 3.63) is 81.9 Å². The monoisotopic (exact) mass is 474 g/mol. The smallest absolute Gasteiger partial charge is 0.159 e. The summed E-state index contributed by atoms with van der Waals surface area (Å²) in [4.78, 5) is 0. The maximum atomic E-state index is 13.9. The Labute approximate surface area is 210 Å². The molecular weight excluding hydrogens is 434 g/mol. The summed E-state index contributed by atoms with van der Waals surface area (Å²) in [5.74, 6) is 0.278. The van der Waals surface area contributed by atoms with Crippen LogP contribution in [-0.4, -0.2) is 0 Å². The molecule has 2 heteroatoms. The van der Waals surface area contributed by atoms with E-state index in [-0.39, 0.29) is 0 Å². The molecule has 1 aliphatic carbocycles. The summed E-state index contributed by atoms with van der Waals surface area (Å²) in [5.41, 5.74) is 10.4. The number of aryl methyl sites for hydroxylation is 5. The fourth-order valence-corrected chi connectivity index (χ4v) is 6.25. The minimum Gasteiger partial charge on any atom is -0.204 e. The van der Waals surface area contributed by atoms with Crippen molar-refractivity contribution in [1.82, 2.24) is 0 Å². The topological polar surface area (TPSA) is 0 Å². The molecule has 0 bridgehead atoms. The third-order valence-electron chi connectivity index (χ3n) is 8.09. The average molecular weight is 475 g/mol. The van der Waals surface area contributed by atoms with Gasteiger partial charge < -0.3 is 0 Å². The van der Waals surface area contributed by atoms with E-state index in [9.17, 15) is 8.78 Å². The largest absolute Gasteiger partial charge is 0.204 e. The van der Waals surface area contributed by atoms with Gasteiger partial charge >= 0.3 is 0 Å². The molecule has 0 aliphatic heterocycles. The van der Waals surface area contributed by atoms with Crippen LogP contribution < -0.4 is 0 Å². The molecule has 4 rings (SSSR count). The second-order valence-electron chi connectivity index (χ2n) is 11.1. The van der Waals surface area contributed by atoms with Crippen LogP contribution in [0.25, 0.3) is 22.3 Å². The quantitative estimate of drug-likeness (QED) is 0.299. The molecule has 1 aliphatic rings. The van der Waals surface area contributed by atoms with Crippen LogP contribution in [0.2, 0.25) is 0 Å². The number of halogens is 2. The third-order valence-corrected chi connectivity index (χ3v) is 8.09. The zero-order valence-electron chi connectivity index (χ0n) is 22.1. The molecule has 0 saturated heterocycles. The minimum atomic E-state index is -0.810. The fraction of sp³-hybridized carbons (Fsp3) is 0.455. The van der Waals surface area contributed by atoms with Crippen LogP contribution in [0, 0.1) is 51.2 Å². The van der Waals surface area contributed by atoms with Crippen LogP contribution in [0.3, 0.4) is 0 Å². The zero-order valence-corrected chi connectivity index (χ0v) is 22.1. The lowest BCUT2D eigenvalue weighted by Crippen LogP contribution is -2.12. The van der Waals surface area contributed by atoms with Crippen molar-refractivity contribution in [3.63, 3.8) is 0 Å². The molecule has 0 unspecified atom stereocenters. The summed E-state index contributed by atoms with van der Waals surface area (Å²) < 4.78 is 27.3. The SMILES string of the molecule is Cc1cc(CCCCC2CCC(C)CC2)cc(C)c1-c1cc(C)c(-c2ccc(F)c(F)c2)c(C)c1. The number of benzene rings is 3. The average Bonchev–Trinajstić information content (AvgIpc) is 2.79. The lowest BCUT2D eigenvalue weighted by atomic mass is 9.80. The van der Waals surface area contributed by atoms with Gasteiger partial charge in [0, 0.05) is 0 Å². The Hall–Kier alpha value is -2.48. The van der Waals surface area contributed by atoms with E-state index < -0.39 is 11.6 Å². The molecule has 1 fully saturated rings. The van der Waals surface area contributed by atoms with Crippen molar-refractivity contribution < 1.29 is 8.78 Å². The van der Waals surface area contributed by atoms with Gasteiger partial charge in [0.2, 0.25) is 0 Å². The molecule has 3 aromatic rings. The van der Waals surface area contributed by atoms with Crippen molar-refractivity contribution in [1.29, 1.82) is 0 Å². The highest BCUT2D eigenvalue weighted by molar-refractivity contribution is 5.79. The molecule has 0 radical (unpaired) electrons. The highest BCUT2D eigenvalue weighted by Gasteiger charge is 2.18. The molecule has 35 heavy (non-hydrogen) atoms. The predicted molar refractivity (Wildman–Crippen MR) is 145 cm³/mol. The Morgan fingerprint density at radius 3 is 1.83 bits per heavy atom. The van der Waals surface area contributed by atoms with Crippen LogP contribution >= 0.6 is 0 Å². The van der Waals surface area contributed by atoms with Crippen molar-refractivity contribution in [2.24, 2.45) is 11.8 Å². The van der Waals surface area contributed by atoms with Gasteiger partial charge in [-0.1, -0.05) is 75.8 Å². The Balaban J connectivity index is 1.47. The number of unbranched alkanes of at least 4 members (excludes halogenated alkanes) is 1. The van der Waals surface area contributed by atoms with Gasteiger partial charge in [-0.05, 0) is 115 Å². The van der Waals surface area contributed by atoms with E-state index in [0.717, 1.165) is 40.5 Å². The van der Waals surface area contributed by atoms with E-state index >= 15 is 0 Å². The van der Waals surface area contributed by atoms with Crippen molar-refractivity contribution in [2.75, 3.05) is 0 Å². The third kappa shape index (κ3) is 6.02. The molecule has 3 aromatic carbocycles. The highest BCUT2D eigenvalue weighted by atomic mass is 19.2. The van der Waals surface area contributed by atoms with Gasteiger partial charge in [0.1, 0.15) is 0 Å². The van der Waals surface area contributed by atoms with Gasteiger partial charge in [-0.15, -0.1) is 0 Å². The van der Waals surface area contributed by atoms with Crippen LogP contribution in [0.5, 0.6) is 0 Å². The molecule has 186 valence electrons. The van der Waals surface area contributed by atoms with Crippen LogP contribution in [0.4, 0.5) is 8.78 Å². The summed E-state index contributed by atoms with van der Waals surface area (Å²) >= 11 is 0. The highest BCUT2D eigenvalue weighted by Crippen LogP contribution is 2.36. The van der Waals surface area contributed by atoms with E-state index in [4.69, 9.17) is 0 Å². The maximum Gasteiger partial charge on any atom is 0.159 e. The molecule has 0 spiro atoms. The van der Waals surface area contributed by atoms with E-state index in [2.05, 4.69) is 58.9 Å². The first-order chi connectivity index (χ1) is 16.7. The summed E-state index contributed by atoms with van der Waals surface area (Å²) in [7, 11) is 0. The first-order valence-electron chi connectivity index (χ1n) is 13.4. The van der Waals surface area contributed by atoms with E-state index in [1.54, 1.807) is 6.07 Å². The molecule has 0 amide bonds. The Bertz CT molecular complexity index is 1140. The molecule has 1 saturated carbocycles. The van der Waals surface area contributed by atoms with Crippen molar-refractivity contribution >= 4 is 0 Å². The van der Waals surface area contributed by atoms with Gasteiger partial charge in [0.05, 0.1) is 0 Å². The Morgan fingerprint density at radius 1 is 0.657 bits per heavy atom. The van der Waals surface area contributed by atoms with E-state index in [1.165, 1.54) is 84.9 Å². The Kier molecular flexibility index (Phi) is 8.09.